The Bertz CT molecular complexity index is 1250. The monoisotopic (exact) mass is 501 g/mol. The fraction of sp³-hybridized carbons (Fsp3) is 0.417. The smallest absolute Gasteiger partial charge is 0.257 e. The van der Waals surface area contributed by atoms with Crippen LogP contribution < -0.4 is 10.2 Å². The van der Waals surface area contributed by atoms with E-state index in [4.69, 9.17) is 11.6 Å². The van der Waals surface area contributed by atoms with Crippen molar-refractivity contribution in [3.63, 3.8) is 0 Å². The first-order chi connectivity index (χ1) is 16.4. The molecule has 2 fully saturated rings. The van der Waals surface area contributed by atoms with Crippen molar-refractivity contribution in [1.29, 1.82) is 0 Å². The number of benzene rings is 1. The summed E-state index contributed by atoms with van der Waals surface area (Å²) in [5.74, 6) is -0.764. The van der Waals surface area contributed by atoms with Gasteiger partial charge in [0.15, 0.2) is 0 Å². The van der Waals surface area contributed by atoms with E-state index < -0.39 is 5.82 Å². The van der Waals surface area contributed by atoms with E-state index in [-0.39, 0.29) is 22.8 Å². The Balaban J connectivity index is 1.37. The highest BCUT2D eigenvalue weighted by Crippen LogP contribution is 2.37. The molecule has 1 aromatic carbocycles. The number of rotatable bonds is 4. The van der Waals surface area contributed by atoms with Gasteiger partial charge >= 0.3 is 0 Å². The normalized spacial score (nSPS) is 16.9. The molecule has 0 atom stereocenters. The lowest BCUT2D eigenvalue weighted by molar-refractivity contribution is -0.120. The number of likely N-dealkylation sites (tertiary alicyclic amines) is 1. The Morgan fingerprint density at radius 2 is 1.91 bits per heavy atom. The minimum atomic E-state index is -0.447. The summed E-state index contributed by atoms with van der Waals surface area (Å²) in [4.78, 5) is 35.7. The highest BCUT2D eigenvalue weighted by molar-refractivity contribution is 7.13. The van der Waals surface area contributed by atoms with Crippen LogP contribution in [0.15, 0.2) is 24.4 Å². The van der Waals surface area contributed by atoms with Crippen molar-refractivity contribution >= 4 is 56.5 Å². The van der Waals surface area contributed by atoms with E-state index in [1.807, 2.05) is 11.8 Å². The van der Waals surface area contributed by atoms with Crippen LogP contribution in [0, 0.1) is 18.7 Å². The number of halogens is 2. The van der Waals surface area contributed by atoms with Gasteiger partial charge < -0.3 is 15.1 Å². The van der Waals surface area contributed by atoms with Gasteiger partial charge in [-0.3, -0.25) is 9.59 Å². The van der Waals surface area contributed by atoms with Crippen LogP contribution in [0.25, 0.3) is 10.2 Å². The maximum Gasteiger partial charge on any atom is 0.257 e. The van der Waals surface area contributed by atoms with E-state index in [1.165, 1.54) is 29.7 Å². The zero-order chi connectivity index (χ0) is 23.8. The maximum atomic E-state index is 13.4. The molecule has 0 saturated carbocycles. The van der Waals surface area contributed by atoms with Crippen molar-refractivity contribution in [2.45, 2.75) is 32.6 Å². The molecular weight excluding hydrogens is 477 g/mol. The van der Waals surface area contributed by atoms with Crippen molar-refractivity contribution in [1.82, 2.24) is 14.3 Å². The number of hydrogen-bond acceptors (Lipinski definition) is 6. The number of aromatic nitrogens is 2. The van der Waals surface area contributed by atoms with Gasteiger partial charge in [-0.15, -0.1) is 0 Å². The molecule has 1 N–H and O–H groups in total. The zero-order valence-corrected chi connectivity index (χ0v) is 20.4. The first kappa shape index (κ1) is 23.0. The first-order valence-electron chi connectivity index (χ1n) is 11.5. The summed E-state index contributed by atoms with van der Waals surface area (Å²) in [6, 6.07) is 3.93. The van der Waals surface area contributed by atoms with E-state index in [2.05, 4.69) is 19.6 Å². The van der Waals surface area contributed by atoms with Crippen LogP contribution in [0.4, 0.5) is 15.8 Å². The molecular formula is C24H25ClFN5O2S. The predicted molar refractivity (Wildman–Crippen MR) is 132 cm³/mol. The average molecular weight is 502 g/mol. The summed E-state index contributed by atoms with van der Waals surface area (Å²) in [6.07, 6.45) is 4.98. The molecule has 4 heterocycles. The van der Waals surface area contributed by atoms with Gasteiger partial charge in [0.1, 0.15) is 10.6 Å². The van der Waals surface area contributed by atoms with E-state index in [9.17, 15) is 14.0 Å². The standard InChI is InChI=1S/C24H25ClFN5O2S/c1-14-20-21(17(13-27-23(20)34-29-14)24(33)31-8-2-3-9-31)30-10-6-15(7-11-30)22(32)28-19-5-4-16(26)12-18(19)25/h4-5,12-13,15H,2-3,6-11H2,1H3,(H,28,32). The van der Waals surface area contributed by atoms with E-state index in [1.54, 1.807) is 6.20 Å². The van der Waals surface area contributed by atoms with E-state index in [0.717, 1.165) is 47.5 Å². The number of aryl methyl sites for hydroxylation is 1. The van der Waals surface area contributed by atoms with Gasteiger partial charge in [0, 0.05) is 38.3 Å². The second-order valence-corrected chi connectivity index (χ2v) is 10.0. The Hall–Kier alpha value is -2.78. The van der Waals surface area contributed by atoms with Crippen LogP contribution in [0.1, 0.15) is 41.7 Å². The molecule has 10 heteroatoms. The predicted octanol–water partition coefficient (Wildman–Crippen LogP) is 4.88. The Labute approximate surface area is 206 Å². The topological polar surface area (TPSA) is 78.4 Å². The highest BCUT2D eigenvalue weighted by Gasteiger charge is 2.31. The number of amides is 2. The molecule has 7 nitrogen and oxygen atoms in total. The molecule has 5 rings (SSSR count). The molecule has 2 aromatic heterocycles. The molecule has 0 radical (unpaired) electrons. The lowest BCUT2D eigenvalue weighted by Gasteiger charge is -2.35. The quantitative estimate of drug-likeness (QED) is 0.551. The second-order valence-electron chi connectivity index (χ2n) is 8.84. The van der Waals surface area contributed by atoms with Crippen LogP contribution in [0.5, 0.6) is 0 Å². The van der Waals surface area contributed by atoms with Crippen molar-refractivity contribution in [2.24, 2.45) is 5.92 Å². The van der Waals surface area contributed by atoms with Crippen LogP contribution in [0.3, 0.4) is 0 Å². The summed E-state index contributed by atoms with van der Waals surface area (Å²) < 4.78 is 17.8. The fourth-order valence-electron chi connectivity index (χ4n) is 4.80. The summed E-state index contributed by atoms with van der Waals surface area (Å²) in [6.45, 7) is 4.74. The minimum Gasteiger partial charge on any atom is -0.370 e. The summed E-state index contributed by atoms with van der Waals surface area (Å²) in [7, 11) is 0. The molecule has 2 amide bonds. The number of pyridine rings is 1. The number of nitrogens with zero attached hydrogens (tertiary/aromatic N) is 4. The van der Waals surface area contributed by atoms with Crippen molar-refractivity contribution in [2.75, 3.05) is 36.4 Å². The van der Waals surface area contributed by atoms with Gasteiger partial charge in [-0.2, -0.15) is 4.37 Å². The Morgan fingerprint density at radius 3 is 2.62 bits per heavy atom. The molecule has 0 bridgehead atoms. The molecule has 0 unspecified atom stereocenters. The van der Waals surface area contributed by atoms with Crippen molar-refractivity contribution in [3.05, 3.63) is 46.5 Å². The van der Waals surface area contributed by atoms with Crippen LogP contribution >= 0.6 is 23.1 Å². The van der Waals surface area contributed by atoms with Crippen LogP contribution in [0.2, 0.25) is 5.02 Å². The molecule has 34 heavy (non-hydrogen) atoms. The molecule has 2 aliphatic rings. The number of nitrogens with one attached hydrogen (secondary N) is 1. The molecule has 0 spiro atoms. The largest absolute Gasteiger partial charge is 0.370 e. The van der Waals surface area contributed by atoms with Crippen LogP contribution in [-0.4, -0.2) is 52.3 Å². The molecule has 2 aliphatic heterocycles. The number of anilines is 2. The summed E-state index contributed by atoms with van der Waals surface area (Å²) in [5, 5.41) is 3.93. The minimum absolute atomic E-state index is 0.0123. The number of carbonyl (C=O) groups excluding carboxylic acids is 2. The van der Waals surface area contributed by atoms with E-state index in [0.29, 0.717) is 37.2 Å². The highest BCUT2D eigenvalue weighted by atomic mass is 35.5. The number of hydrogen-bond donors (Lipinski definition) is 1. The van der Waals surface area contributed by atoms with Gasteiger partial charge in [0.25, 0.3) is 5.91 Å². The molecule has 3 aromatic rings. The lowest BCUT2D eigenvalue weighted by atomic mass is 9.94. The average Bonchev–Trinajstić information content (AvgIpc) is 3.50. The maximum absolute atomic E-state index is 13.4. The van der Waals surface area contributed by atoms with Crippen LogP contribution in [-0.2, 0) is 4.79 Å². The van der Waals surface area contributed by atoms with Crippen molar-refractivity contribution in [3.8, 4) is 0 Å². The third-order valence-electron chi connectivity index (χ3n) is 6.64. The third kappa shape index (κ3) is 4.34. The Morgan fingerprint density at radius 1 is 1.18 bits per heavy atom. The van der Waals surface area contributed by atoms with E-state index >= 15 is 0 Å². The van der Waals surface area contributed by atoms with Gasteiger partial charge in [-0.25, -0.2) is 9.37 Å². The van der Waals surface area contributed by atoms with Gasteiger partial charge in [-0.05, 0) is 62.3 Å². The van der Waals surface area contributed by atoms with Gasteiger partial charge in [0.2, 0.25) is 5.91 Å². The summed E-state index contributed by atoms with van der Waals surface area (Å²) >= 11 is 7.40. The Kier molecular flexibility index (Phi) is 6.40. The summed E-state index contributed by atoms with van der Waals surface area (Å²) in [5.41, 5.74) is 2.77. The van der Waals surface area contributed by atoms with Gasteiger partial charge in [0.05, 0.1) is 33.0 Å². The first-order valence-corrected chi connectivity index (χ1v) is 12.6. The fourth-order valence-corrected chi connectivity index (χ4v) is 5.77. The van der Waals surface area contributed by atoms with Gasteiger partial charge in [-0.1, -0.05) is 11.6 Å². The lowest BCUT2D eigenvalue weighted by Crippen LogP contribution is -2.39. The second kappa shape index (κ2) is 9.46. The molecule has 2 saturated heterocycles. The van der Waals surface area contributed by atoms with Crippen molar-refractivity contribution < 1.29 is 14.0 Å². The third-order valence-corrected chi connectivity index (χ3v) is 7.80. The zero-order valence-electron chi connectivity index (χ0n) is 18.8. The number of piperidine rings is 1. The number of carbonyl (C=O) groups is 2. The molecule has 0 aliphatic carbocycles. The SMILES string of the molecule is Cc1nsc2ncc(C(=O)N3CCCC3)c(N3CCC(C(=O)Nc4ccc(F)cc4Cl)CC3)c12. The number of fused-ring (bicyclic) bond motifs is 1. The molecule has 178 valence electrons.